The number of rotatable bonds is 4. The van der Waals surface area contributed by atoms with Crippen molar-refractivity contribution in [2.75, 3.05) is 11.4 Å². The first-order chi connectivity index (χ1) is 11.5. The number of carbonyl (C=O) groups is 2. The molecular weight excluding hydrogens is 375 g/mol. The van der Waals surface area contributed by atoms with Crippen LogP contribution >= 0.6 is 15.9 Å². The summed E-state index contributed by atoms with van der Waals surface area (Å²) in [6, 6.07) is 11.7. The zero-order valence-electron chi connectivity index (χ0n) is 12.9. The molecular formula is C18H16BrFN2O2. The normalized spacial score (nSPS) is 14.1. The Bertz CT molecular complexity index is 777. The van der Waals surface area contributed by atoms with E-state index in [2.05, 4.69) is 21.2 Å². The Hall–Kier alpha value is -2.21. The van der Waals surface area contributed by atoms with Crippen molar-refractivity contribution in [2.45, 2.75) is 19.4 Å². The minimum atomic E-state index is -0.557. The topological polar surface area (TPSA) is 49.4 Å². The van der Waals surface area contributed by atoms with Crippen LogP contribution in [0.1, 0.15) is 28.8 Å². The van der Waals surface area contributed by atoms with Crippen LogP contribution in [0.15, 0.2) is 46.9 Å². The SMILES string of the molecule is O=C(NCc1ccc(N2CCCC2=O)cc1)c1cc(Br)ccc1F. The number of nitrogens with one attached hydrogen (secondary N) is 1. The van der Waals surface area contributed by atoms with E-state index in [0.717, 1.165) is 24.2 Å². The van der Waals surface area contributed by atoms with E-state index in [1.807, 2.05) is 24.3 Å². The van der Waals surface area contributed by atoms with E-state index < -0.39 is 11.7 Å². The Balaban J connectivity index is 1.63. The number of hydrogen-bond acceptors (Lipinski definition) is 2. The Morgan fingerprint density at radius 2 is 1.96 bits per heavy atom. The maximum atomic E-state index is 13.7. The van der Waals surface area contributed by atoms with Crippen molar-refractivity contribution < 1.29 is 14.0 Å². The minimum Gasteiger partial charge on any atom is -0.348 e. The molecule has 0 radical (unpaired) electrons. The molecule has 3 rings (SSSR count). The summed E-state index contributed by atoms with van der Waals surface area (Å²) >= 11 is 3.23. The van der Waals surface area contributed by atoms with E-state index in [1.165, 1.54) is 12.1 Å². The molecule has 1 saturated heterocycles. The smallest absolute Gasteiger partial charge is 0.254 e. The lowest BCUT2D eigenvalue weighted by Crippen LogP contribution is -2.25. The van der Waals surface area contributed by atoms with E-state index in [0.29, 0.717) is 17.4 Å². The summed E-state index contributed by atoms with van der Waals surface area (Å²) in [6.45, 7) is 1.04. The fraction of sp³-hybridized carbons (Fsp3) is 0.222. The number of carbonyl (C=O) groups excluding carboxylic acids is 2. The Labute approximate surface area is 147 Å². The molecule has 2 amide bonds. The van der Waals surface area contributed by atoms with Crippen LogP contribution < -0.4 is 10.2 Å². The number of anilines is 1. The van der Waals surface area contributed by atoms with Crippen LogP contribution in [0.5, 0.6) is 0 Å². The molecule has 24 heavy (non-hydrogen) atoms. The first-order valence-corrected chi connectivity index (χ1v) is 8.46. The number of hydrogen-bond donors (Lipinski definition) is 1. The van der Waals surface area contributed by atoms with E-state index in [1.54, 1.807) is 11.0 Å². The summed E-state index contributed by atoms with van der Waals surface area (Å²) < 4.78 is 14.3. The van der Waals surface area contributed by atoms with Gasteiger partial charge in [-0.3, -0.25) is 9.59 Å². The molecule has 0 atom stereocenters. The predicted octanol–water partition coefficient (Wildman–Crippen LogP) is 3.65. The van der Waals surface area contributed by atoms with Crippen molar-refractivity contribution in [3.05, 3.63) is 63.9 Å². The zero-order chi connectivity index (χ0) is 17.1. The van der Waals surface area contributed by atoms with Crippen molar-refractivity contribution >= 4 is 33.4 Å². The Morgan fingerprint density at radius 3 is 2.62 bits per heavy atom. The van der Waals surface area contributed by atoms with Gasteiger partial charge in [0, 0.05) is 29.7 Å². The van der Waals surface area contributed by atoms with Crippen LogP contribution in [0, 0.1) is 5.82 Å². The highest BCUT2D eigenvalue weighted by molar-refractivity contribution is 9.10. The van der Waals surface area contributed by atoms with Gasteiger partial charge in [0.15, 0.2) is 0 Å². The fourth-order valence-corrected chi connectivity index (χ4v) is 3.03. The highest BCUT2D eigenvalue weighted by Crippen LogP contribution is 2.21. The number of benzene rings is 2. The van der Waals surface area contributed by atoms with Crippen molar-refractivity contribution in [2.24, 2.45) is 0 Å². The second kappa shape index (κ2) is 7.13. The molecule has 0 unspecified atom stereocenters. The summed E-state index contributed by atoms with van der Waals surface area (Å²) in [7, 11) is 0. The lowest BCUT2D eigenvalue weighted by Gasteiger charge is -2.16. The monoisotopic (exact) mass is 390 g/mol. The number of amides is 2. The molecule has 6 heteroatoms. The molecule has 2 aromatic rings. The first-order valence-electron chi connectivity index (χ1n) is 7.67. The summed E-state index contributed by atoms with van der Waals surface area (Å²) in [5, 5.41) is 2.70. The zero-order valence-corrected chi connectivity index (χ0v) is 14.5. The third-order valence-electron chi connectivity index (χ3n) is 3.95. The molecule has 2 aromatic carbocycles. The van der Waals surface area contributed by atoms with Crippen molar-refractivity contribution in [1.82, 2.24) is 5.32 Å². The van der Waals surface area contributed by atoms with Gasteiger partial charge in [0.1, 0.15) is 5.82 Å². The van der Waals surface area contributed by atoms with E-state index in [9.17, 15) is 14.0 Å². The second-order valence-electron chi connectivity index (χ2n) is 5.62. The Kier molecular flexibility index (Phi) is 4.94. The molecule has 1 aliphatic rings. The van der Waals surface area contributed by atoms with Crippen LogP contribution in [0.4, 0.5) is 10.1 Å². The third-order valence-corrected chi connectivity index (χ3v) is 4.44. The average molecular weight is 391 g/mol. The fourth-order valence-electron chi connectivity index (χ4n) is 2.66. The number of halogens is 2. The van der Waals surface area contributed by atoms with E-state index in [-0.39, 0.29) is 11.5 Å². The predicted molar refractivity (Wildman–Crippen MR) is 93.3 cm³/mol. The van der Waals surface area contributed by atoms with Crippen LogP contribution in [0.2, 0.25) is 0 Å². The van der Waals surface area contributed by atoms with Gasteiger partial charge in [0.05, 0.1) is 5.56 Å². The summed E-state index contributed by atoms with van der Waals surface area (Å²) in [5.41, 5.74) is 1.75. The Morgan fingerprint density at radius 1 is 1.21 bits per heavy atom. The lowest BCUT2D eigenvalue weighted by molar-refractivity contribution is -0.117. The molecule has 1 N–H and O–H groups in total. The van der Waals surface area contributed by atoms with Gasteiger partial charge in [-0.05, 0) is 42.3 Å². The van der Waals surface area contributed by atoms with E-state index in [4.69, 9.17) is 0 Å². The van der Waals surface area contributed by atoms with E-state index >= 15 is 0 Å². The van der Waals surface area contributed by atoms with Gasteiger partial charge in [0.25, 0.3) is 5.91 Å². The third kappa shape index (κ3) is 3.64. The molecule has 124 valence electrons. The van der Waals surface area contributed by atoms with Crippen LogP contribution in [-0.4, -0.2) is 18.4 Å². The van der Waals surface area contributed by atoms with Gasteiger partial charge < -0.3 is 10.2 Å². The van der Waals surface area contributed by atoms with Gasteiger partial charge in [-0.15, -0.1) is 0 Å². The van der Waals surface area contributed by atoms with Crippen LogP contribution in [0.25, 0.3) is 0 Å². The number of nitrogens with zero attached hydrogens (tertiary/aromatic N) is 1. The molecule has 4 nitrogen and oxygen atoms in total. The largest absolute Gasteiger partial charge is 0.348 e. The van der Waals surface area contributed by atoms with Crippen LogP contribution in [0.3, 0.4) is 0 Å². The quantitative estimate of drug-likeness (QED) is 0.865. The van der Waals surface area contributed by atoms with Gasteiger partial charge in [-0.25, -0.2) is 4.39 Å². The van der Waals surface area contributed by atoms with Crippen molar-refractivity contribution in [3.8, 4) is 0 Å². The maximum absolute atomic E-state index is 13.7. The van der Waals surface area contributed by atoms with Crippen molar-refractivity contribution in [3.63, 3.8) is 0 Å². The van der Waals surface area contributed by atoms with Gasteiger partial charge >= 0.3 is 0 Å². The van der Waals surface area contributed by atoms with Crippen LogP contribution in [-0.2, 0) is 11.3 Å². The maximum Gasteiger partial charge on any atom is 0.254 e. The average Bonchev–Trinajstić information content (AvgIpc) is 3.01. The molecule has 1 heterocycles. The van der Waals surface area contributed by atoms with Gasteiger partial charge in [-0.2, -0.15) is 0 Å². The molecule has 0 aliphatic carbocycles. The highest BCUT2D eigenvalue weighted by atomic mass is 79.9. The summed E-state index contributed by atoms with van der Waals surface area (Å²) in [4.78, 5) is 25.6. The minimum absolute atomic E-state index is 0.00339. The molecule has 0 bridgehead atoms. The molecule has 0 saturated carbocycles. The molecule has 0 spiro atoms. The molecule has 1 fully saturated rings. The highest BCUT2D eigenvalue weighted by Gasteiger charge is 2.21. The molecule has 0 aromatic heterocycles. The first kappa shape index (κ1) is 16.6. The summed E-state index contributed by atoms with van der Waals surface area (Å²) in [5.74, 6) is -0.882. The van der Waals surface area contributed by atoms with Crippen molar-refractivity contribution in [1.29, 1.82) is 0 Å². The second-order valence-corrected chi connectivity index (χ2v) is 6.54. The van der Waals surface area contributed by atoms with Gasteiger partial charge in [-0.1, -0.05) is 28.1 Å². The lowest BCUT2D eigenvalue weighted by atomic mass is 10.1. The molecule has 1 aliphatic heterocycles. The van der Waals surface area contributed by atoms with Gasteiger partial charge in [0.2, 0.25) is 5.91 Å². The summed E-state index contributed by atoms with van der Waals surface area (Å²) in [6.07, 6.45) is 1.48. The standard InChI is InChI=1S/C18H16BrFN2O2/c19-13-5-8-16(20)15(10-13)18(24)21-11-12-3-6-14(7-4-12)22-9-1-2-17(22)23/h3-8,10H,1-2,9,11H2,(H,21,24).